The summed E-state index contributed by atoms with van der Waals surface area (Å²) in [6.45, 7) is 0. The van der Waals surface area contributed by atoms with Crippen molar-refractivity contribution in [1.29, 1.82) is 0 Å². The fourth-order valence-corrected chi connectivity index (χ4v) is 3.40. The molecule has 2 amide bonds. The van der Waals surface area contributed by atoms with Crippen LogP contribution in [0.3, 0.4) is 0 Å². The third-order valence-electron chi connectivity index (χ3n) is 4.67. The summed E-state index contributed by atoms with van der Waals surface area (Å²) in [4.78, 5) is 38.0. The molecule has 1 aliphatic rings. The lowest BCUT2D eigenvalue weighted by atomic mass is 10.1. The van der Waals surface area contributed by atoms with Gasteiger partial charge >= 0.3 is 5.97 Å². The second-order valence-corrected chi connectivity index (χ2v) is 7.10. The molecule has 1 fully saturated rings. The molecule has 0 spiro atoms. The Labute approximate surface area is 187 Å². The van der Waals surface area contributed by atoms with E-state index >= 15 is 0 Å². The van der Waals surface area contributed by atoms with Crippen LogP contribution in [0.5, 0.6) is 0 Å². The van der Waals surface area contributed by atoms with E-state index in [2.05, 4.69) is 10.1 Å². The Bertz CT molecular complexity index is 1280. The van der Waals surface area contributed by atoms with Gasteiger partial charge in [-0.2, -0.15) is 0 Å². The zero-order valence-electron chi connectivity index (χ0n) is 16.6. The molecule has 4 rings (SSSR count). The topological polar surface area (TPSA) is 88.9 Å². The highest BCUT2D eigenvalue weighted by Crippen LogP contribution is 2.26. The van der Waals surface area contributed by atoms with Crippen LogP contribution in [-0.2, 0) is 14.3 Å². The summed E-state index contributed by atoms with van der Waals surface area (Å²) in [5.74, 6) is -1.67. The van der Waals surface area contributed by atoms with Crippen LogP contribution in [0, 0.1) is 5.82 Å². The summed E-state index contributed by atoms with van der Waals surface area (Å²) in [7, 11) is 1.30. The number of methoxy groups -OCH3 is 1. The number of hydrogen-bond donors (Lipinski definition) is 1. The first-order valence-electron chi connectivity index (χ1n) is 9.33. The number of amides is 2. The fourth-order valence-electron chi connectivity index (χ4n) is 3.12. The molecule has 1 aromatic heterocycles. The van der Waals surface area contributed by atoms with Crippen LogP contribution in [0.15, 0.2) is 70.7 Å². The number of ether oxygens (including phenoxy) is 1. The second-order valence-electron chi connectivity index (χ2n) is 6.71. The van der Waals surface area contributed by atoms with Gasteiger partial charge < -0.3 is 9.15 Å². The molecule has 0 atom stereocenters. The number of nitrogens with one attached hydrogen (secondary N) is 1. The van der Waals surface area contributed by atoms with Crippen molar-refractivity contribution >= 4 is 46.9 Å². The van der Waals surface area contributed by atoms with E-state index in [9.17, 15) is 18.8 Å². The maximum atomic E-state index is 13.6. The summed E-state index contributed by atoms with van der Waals surface area (Å²) < 4.78 is 24.0. The molecular weight excluding hydrogens is 435 g/mol. The van der Waals surface area contributed by atoms with Gasteiger partial charge in [-0.3, -0.25) is 19.8 Å². The monoisotopic (exact) mass is 450 g/mol. The van der Waals surface area contributed by atoms with Crippen LogP contribution in [0.4, 0.5) is 10.1 Å². The number of benzene rings is 2. The van der Waals surface area contributed by atoms with Gasteiger partial charge in [0.15, 0.2) is 5.11 Å². The van der Waals surface area contributed by atoms with Crippen molar-refractivity contribution in [3.05, 3.63) is 83.4 Å². The van der Waals surface area contributed by atoms with Crippen molar-refractivity contribution in [2.75, 3.05) is 12.0 Å². The van der Waals surface area contributed by atoms with E-state index in [1.54, 1.807) is 36.4 Å². The van der Waals surface area contributed by atoms with Gasteiger partial charge in [0.1, 0.15) is 22.9 Å². The number of furan rings is 1. The highest BCUT2D eigenvalue weighted by atomic mass is 32.1. The number of esters is 1. The van der Waals surface area contributed by atoms with Crippen LogP contribution in [-0.4, -0.2) is 30.0 Å². The second kappa shape index (κ2) is 8.56. The van der Waals surface area contributed by atoms with Gasteiger partial charge in [-0.1, -0.05) is 18.2 Å². The Hall–Kier alpha value is -4.11. The fraction of sp³-hybridized carbons (Fsp3) is 0.0435. The molecule has 2 aromatic carbocycles. The van der Waals surface area contributed by atoms with Crippen LogP contribution in [0.2, 0.25) is 0 Å². The molecule has 7 nitrogen and oxygen atoms in total. The first kappa shape index (κ1) is 21.1. The van der Waals surface area contributed by atoms with Crippen molar-refractivity contribution < 1.29 is 27.9 Å². The summed E-state index contributed by atoms with van der Waals surface area (Å²) in [6.07, 6.45) is 1.29. The van der Waals surface area contributed by atoms with Crippen molar-refractivity contribution in [3.63, 3.8) is 0 Å². The molecule has 0 saturated carbocycles. The third kappa shape index (κ3) is 4.06. The largest absolute Gasteiger partial charge is 0.465 e. The van der Waals surface area contributed by atoms with E-state index in [4.69, 9.17) is 16.6 Å². The molecule has 160 valence electrons. The Morgan fingerprint density at radius 1 is 1.12 bits per heavy atom. The predicted octanol–water partition coefficient (Wildman–Crippen LogP) is 3.70. The summed E-state index contributed by atoms with van der Waals surface area (Å²) in [5.41, 5.74) is 1.05. The van der Waals surface area contributed by atoms with Gasteiger partial charge in [-0.05, 0) is 60.8 Å². The third-order valence-corrected chi connectivity index (χ3v) is 4.96. The van der Waals surface area contributed by atoms with Gasteiger partial charge in [-0.15, -0.1) is 0 Å². The van der Waals surface area contributed by atoms with Crippen molar-refractivity contribution in [2.45, 2.75) is 0 Å². The molecule has 32 heavy (non-hydrogen) atoms. The van der Waals surface area contributed by atoms with E-state index in [-0.39, 0.29) is 22.1 Å². The van der Waals surface area contributed by atoms with E-state index in [0.29, 0.717) is 16.9 Å². The van der Waals surface area contributed by atoms with Gasteiger partial charge in [0.2, 0.25) is 0 Å². The number of carbonyl (C=O) groups excluding carboxylic acids is 3. The van der Waals surface area contributed by atoms with Gasteiger partial charge in [0.05, 0.1) is 18.4 Å². The molecule has 9 heteroatoms. The van der Waals surface area contributed by atoms with Crippen molar-refractivity contribution in [2.24, 2.45) is 0 Å². The Morgan fingerprint density at radius 2 is 1.88 bits per heavy atom. The normalized spacial score (nSPS) is 15.1. The Kier molecular flexibility index (Phi) is 5.65. The van der Waals surface area contributed by atoms with E-state index in [1.807, 2.05) is 0 Å². The molecule has 2 heterocycles. The standard InChI is InChI=1S/C23H15FN2O5S/c1-30-22(29)14-7-5-13(6-8-14)19-10-9-17(31-19)12-18-20(27)25-23(32)26(21(18)28)16-4-2-3-15(24)11-16/h2-12H,1H3,(H,25,27,32)/b18-12+. The van der Waals surface area contributed by atoms with Crippen LogP contribution >= 0.6 is 12.2 Å². The first-order valence-corrected chi connectivity index (χ1v) is 9.74. The summed E-state index contributed by atoms with van der Waals surface area (Å²) >= 11 is 5.10. The molecule has 1 saturated heterocycles. The Morgan fingerprint density at radius 3 is 2.56 bits per heavy atom. The van der Waals surface area contributed by atoms with E-state index in [0.717, 1.165) is 11.0 Å². The lowest BCUT2D eigenvalue weighted by Gasteiger charge is -2.28. The number of anilines is 1. The average Bonchev–Trinajstić information content (AvgIpc) is 3.25. The molecule has 3 aromatic rings. The van der Waals surface area contributed by atoms with Gasteiger partial charge in [-0.25, -0.2) is 9.18 Å². The lowest BCUT2D eigenvalue weighted by molar-refractivity contribution is -0.122. The van der Waals surface area contributed by atoms with Gasteiger partial charge in [0.25, 0.3) is 11.8 Å². The molecule has 0 unspecified atom stereocenters. The molecule has 0 bridgehead atoms. The maximum absolute atomic E-state index is 13.6. The van der Waals surface area contributed by atoms with Crippen molar-refractivity contribution in [1.82, 2.24) is 5.32 Å². The number of halogens is 1. The number of nitrogens with zero attached hydrogens (tertiary/aromatic N) is 1. The smallest absolute Gasteiger partial charge is 0.337 e. The number of rotatable bonds is 4. The number of thiocarbonyl (C=S) groups is 1. The predicted molar refractivity (Wildman–Crippen MR) is 118 cm³/mol. The van der Waals surface area contributed by atoms with Gasteiger partial charge in [0, 0.05) is 5.56 Å². The zero-order valence-corrected chi connectivity index (χ0v) is 17.4. The number of carbonyl (C=O) groups is 3. The first-order chi connectivity index (χ1) is 15.4. The minimum absolute atomic E-state index is 0.145. The maximum Gasteiger partial charge on any atom is 0.337 e. The lowest BCUT2D eigenvalue weighted by Crippen LogP contribution is -2.54. The van der Waals surface area contributed by atoms with E-state index in [1.165, 1.54) is 31.4 Å². The SMILES string of the molecule is COC(=O)c1ccc(-c2ccc(/C=C3\C(=O)NC(=S)N(c4cccc(F)c4)C3=O)o2)cc1. The molecular formula is C23H15FN2O5S. The molecule has 0 aliphatic carbocycles. The van der Waals surface area contributed by atoms with Crippen LogP contribution in [0.25, 0.3) is 17.4 Å². The minimum atomic E-state index is -0.704. The zero-order chi connectivity index (χ0) is 22.8. The number of hydrogen-bond acceptors (Lipinski definition) is 6. The average molecular weight is 450 g/mol. The van der Waals surface area contributed by atoms with Crippen LogP contribution in [0.1, 0.15) is 16.1 Å². The van der Waals surface area contributed by atoms with E-state index < -0.39 is 23.6 Å². The summed E-state index contributed by atoms with van der Waals surface area (Å²) in [5, 5.41) is 2.29. The Balaban J connectivity index is 1.62. The molecule has 1 N–H and O–H groups in total. The molecule has 1 aliphatic heterocycles. The highest BCUT2D eigenvalue weighted by molar-refractivity contribution is 7.80. The quantitative estimate of drug-likeness (QED) is 0.282. The molecule has 0 radical (unpaired) electrons. The minimum Gasteiger partial charge on any atom is -0.465 e. The highest BCUT2D eigenvalue weighted by Gasteiger charge is 2.34. The summed E-state index contributed by atoms with van der Waals surface area (Å²) in [6, 6.07) is 15.1. The van der Waals surface area contributed by atoms with Crippen LogP contribution < -0.4 is 10.2 Å². The van der Waals surface area contributed by atoms with Crippen molar-refractivity contribution in [3.8, 4) is 11.3 Å².